The van der Waals surface area contributed by atoms with Crippen LogP contribution in [-0.4, -0.2) is 67.4 Å². The van der Waals surface area contributed by atoms with Gasteiger partial charge >= 0.3 is 0 Å². The van der Waals surface area contributed by atoms with E-state index in [2.05, 4.69) is 51.1 Å². The molecule has 2 fully saturated rings. The zero-order valence-electron chi connectivity index (χ0n) is 22.8. The number of likely N-dealkylation sites (tertiary alicyclic amines) is 1. The first kappa shape index (κ1) is 26.5. The molecular formula is C28H37N7O2S. The van der Waals surface area contributed by atoms with Gasteiger partial charge in [-0.25, -0.2) is 19.9 Å². The Hall–Kier alpha value is -3.14. The Morgan fingerprint density at radius 2 is 1.76 bits per heavy atom. The summed E-state index contributed by atoms with van der Waals surface area (Å²) in [5, 5.41) is 1.03. The fourth-order valence-electron chi connectivity index (χ4n) is 5.11. The van der Waals surface area contributed by atoms with Crippen LogP contribution in [0.3, 0.4) is 0 Å². The molecule has 0 aliphatic carbocycles. The molecule has 3 aliphatic rings. The van der Waals surface area contributed by atoms with Crippen molar-refractivity contribution in [2.45, 2.75) is 77.2 Å². The van der Waals surface area contributed by atoms with Crippen LogP contribution >= 0.6 is 11.5 Å². The molecule has 1 spiro atoms. The van der Waals surface area contributed by atoms with Crippen LogP contribution in [0.15, 0.2) is 24.7 Å². The Bertz CT molecular complexity index is 1250. The van der Waals surface area contributed by atoms with Gasteiger partial charge in [0.2, 0.25) is 11.5 Å². The molecule has 9 nitrogen and oxygen atoms in total. The van der Waals surface area contributed by atoms with E-state index >= 15 is 0 Å². The van der Waals surface area contributed by atoms with Crippen LogP contribution in [0.4, 0.5) is 5.13 Å². The molecule has 2 saturated heterocycles. The van der Waals surface area contributed by atoms with E-state index in [4.69, 9.17) is 9.72 Å². The lowest BCUT2D eigenvalue weighted by atomic mass is 9.90. The SMILES string of the molecule is Cc1cnc(-c2cc3c(cn2)OC2(CCCN(c4nc(C(C)(C)C)ns4)CC2)C3)nc1.O=CN1CCCC1. The number of ether oxygens (including phenoxy) is 1. The fraction of sp³-hybridized carbons (Fsp3) is 0.571. The Kier molecular flexibility index (Phi) is 7.61. The third-order valence-corrected chi connectivity index (χ3v) is 8.12. The molecule has 0 aromatic carbocycles. The Morgan fingerprint density at radius 3 is 2.42 bits per heavy atom. The van der Waals surface area contributed by atoms with Crippen molar-refractivity contribution in [3.63, 3.8) is 0 Å². The Balaban J connectivity index is 0.000000366. The number of amides is 1. The first-order valence-corrected chi connectivity index (χ1v) is 14.3. The van der Waals surface area contributed by atoms with Crippen molar-refractivity contribution in [2.24, 2.45) is 0 Å². The quantitative estimate of drug-likeness (QED) is 0.449. The second-order valence-electron chi connectivity index (χ2n) is 11.6. The number of hydrogen-bond donors (Lipinski definition) is 0. The summed E-state index contributed by atoms with van der Waals surface area (Å²) in [4.78, 5) is 32.3. The van der Waals surface area contributed by atoms with Crippen molar-refractivity contribution in [1.82, 2.24) is 29.2 Å². The topological polar surface area (TPSA) is 97.2 Å². The minimum absolute atomic E-state index is 0.0239. The van der Waals surface area contributed by atoms with Crippen molar-refractivity contribution in [1.29, 1.82) is 0 Å². The number of carbonyl (C=O) groups excluding carboxylic acids is 1. The maximum absolute atomic E-state index is 9.93. The van der Waals surface area contributed by atoms with Crippen LogP contribution in [0, 0.1) is 6.92 Å². The molecule has 0 saturated carbocycles. The van der Waals surface area contributed by atoms with Crippen molar-refractivity contribution in [3.05, 3.63) is 41.6 Å². The number of pyridine rings is 1. The molecule has 6 heterocycles. The van der Waals surface area contributed by atoms with E-state index in [1.165, 1.54) is 29.9 Å². The van der Waals surface area contributed by atoms with Crippen LogP contribution < -0.4 is 9.64 Å². The van der Waals surface area contributed by atoms with Gasteiger partial charge in [0, 0.05) is 73.9 Å². The van der Waals surface area contributed by atoms with E-state index < -0.39 is 0 Å². The summed E-state index contributed by atoms with van der Waals surface area (Å²) in [5.74, 6) is 2.48. The van der Waals surface area contributed by atoms with Crippen LogP contribution in [-0.2, 0) is 16.6 Å². The standard InChI is InChI=1S/C23H28N6OS.C5H9NO/c1-15-12-25-19(26-13-15)17-10-16-11-23(30-18(16)14-24-17)6-5-8-29(9-7-23)21-27-20(28-31-21)22(2,3)4;7-5-6-3-1-2-4-6/h10,12-14H,5-9,11H2,1-4H3;5H,1-4H2. The van der Waals surface area contributed by atoms with Gasteiger partial charge in [-0.2, -0.15) is 4.37 Å². The predicted octanol–water partition coefficient (Wildman–Crippen LogP) is 4.60. The summed E-state index contributed by atoms with van der Waals surface area (Å²) in [6, 6.07) is 2.10. The van der Waals surface area contributed by atoms with Crippen LogP contribution in [0.1, 0.15) is 69.8 Å². The molecule has 3 aliphatic heterocycles. The van der Waals surface area contributed by atoms with E-state index in [1.807, 2.05) is 25.5 Å². The molecule has 1 amide bonds. The van der Waals surface area contributed by atoms with Gasteiger partial charge in [0.05, 0.1) is 6.20 Å². The van der Waals surface area contributed by atoms with E-state index in [0.29, 0.717) is 5.82 Å². The van der Waals surface area contributed by atoms with E-state index in [0.717, 1.165) is 86.2 Å². The molecule has 0 bridgehead atoms. The maximum Gasteiger partial charge on any atom is 0.209 e. The van der Waals surface area contributed by atoms with E-state index in [1.54, 1.807) is 4.90 Å². The summed E-state index contributed by atoms with van der Waals surface area (Å²) >= 11 is 1.51. The third-order valence-electron chi connectivity index (χ3n) is 7.34. The highest BCUT2D eigenvalue weighted by atomic mass is 32.1. The molecule has 1 atom stereocenters. The van der Waals surface area contributed by atoms with Gasteiger partial charge in [-0.3, -0.25) is 4.79 Å². The zero-order chi connectivity index (χ0) is 26.8. The Morgan fingerprint density at radius 1 is 1.00 bits per heavy atom. The van der Waals surface area contributed by atoms with Gasteiger partial charge in [-0.15, -0.1) is 0 Å². The molecule has 10 heteroatoms. The smallest absolute Gasteiger partial charge is 0.209 e. The molecule has 38 heavy (non-hydrogen) atoms. The molecule has 3 aromatic heterocycles. The first-order chi connectivity index (χ1) is 18.2. The number of fused-ring (bicyclic) bond motifs is 1. The van der Waals surface area contributed by atoms with E-state index in [-0.39, 0.29) is 11.0 Å². The number of nitrogens with zero attached hydrogens (tertiary/aromatic N) is 7. The second kappa shape index (κ2) is 10.9. The largest absolute Gasteiger partial charge is 0.485 e. The monoisotopic (exact) mass is 535 g/mol. The van der Waals surface area contributed by atoms with Gasteiger partial charge in [0.15, 0.2) is 5.82 Å². The average molecular weight is 536 g/mol. The number of hydrogen-bond acceptors (Lipinski definition) is 9. The molecular weight excluding hydrogens is 498 g/mol. The number of rotatable bonds is 3. The first-order valence-electron chi connectivity index (χ1n) is 13.5. The summed E-state index contributed by atoms with van der Waals surface area (Å²) in [6.07, 6.45) is 12.8. The lowest BCUT2D eigenvalue weighted by Crippen LogP contribution is -2.35. The van der Waals surface area contributed by atoms with Crippen LogP contribution in [0.25, 0.3) is 11.5 Å². The Labute approximate surface area is 228 Å². The second-order valence-corrected chi connectivity index (χ2v) is 12.3. The minimum atomic E-state index is -0.164. The highest BCUT2D eigenvalue weighted by Crippen LogP contribution is 2.42. The molecule has 202 valence electrons. The van der Waals surface area contributed by atoms with Gasteiger partial charge in [0.25, 0.3) is 0 Å². The van der Waals surface area contributed by atoms with Gasteiger partial charge in [0.1, 0.15) is 22.9 Å². The molecule has 3 aromatic rings. The van der Waals surface area contributed by atoms with Crippen LogP contribution in [0.2, 0.25) is 0 Å². The summed E-state index contributed by atoms with van der Waals surface area (Å²) < 4.78 is 11.1. The number of aryl methyl sites for hydroxylation is 1. The number of anilines is 1. The van der Waals surface area contributed by atoms with Crippen molar-refractivity contribution < 1.29 is 9.53 Å². The summed E-state index contributed by atoms with van der Waals surface area (Å²) in [7, 11) is 0. The van der Waals surface area contributed by atoms with Crippen LogP contribution in [0.5, 0.6) is 5.75 Å². The fourth-order valence-corrected chi connectivity index (χ4v) is 6.02. The molecule has 6 rings (SSSR count). The maximum atomic E-state index is 9.93. The highest BCUT2D eigenvalue weighted by Gasteiger charge is 2.41. The highest BCUT2D eigenvalue weighted by molar-refractivity contribution is 7.09. The lowest BCUT2D eigenvalue weighted by molar-refractivity contribution is -0.117. The number of aromatic nitrogens is 5. The third kappa shape index (κ3) is 5.95. The number of carbonyl (C=O) groups is 1. The molecule has 0 N–H and O–H groups in total. The minimum Gasteiger partial charge on any atom is -0.485 e. The molecule has 1 unspecified atom stereocenters. The summed E-state index contributed by atoms with van der Waals surface area (Å²) in [5.41, 5.74) is 2.86. The van der Waals surface area contributed by atoms with Crippen molar-refractivity contribution in [3.8, 4) is 17.3 Å². The molecule has 0 radical (unpaired) electrons. The summed E-state index contributed by atoms with van der Waals surface area (Å²) in [6.45, 7) is 12.3. The van der Waals surface area contributed by atoms with E-state index in [9.17, 15) is 4.79 Å². The predicted molar refractivity (Wildman–Crippen MR) is 149 cm³/mol. The van der Waals surface area contributed by atoms with Crippen molar-refractivity contribution in [2.75, 3.05) is 31.1 Å². The zero-order valence-corrected chi connectivity index (χ0v) is 23.6. The van der Waals surface area contributed by atoms with Gasteiger partial charge in [-0.1, -0.05) is 20.8 Å². The van der Waals surface area contributed by atoms with Gasteiger partial charge < -0.3 is 14.5 Å². The van der Waals surface area contributed by atoms with Crippen molar-refractivity contribution >= 4 is 23.1 Å². The normalized spacial score (nSPS) is 20.9. The van der Waals surface area contributed by atoms with Gasteiger partial charge in [-0.05, 0) is 44.2 Å². The average Bonchev–Trinajstić information content (AvgIpc) is 3.64. The lowest BCUT2D eigenvalue weighted by Gasteiger charge is -2.27.